The maximum atomic E-state index is 13.4. The Labute approximate surface area is 198 Å². The molecule has 1 aliphatic heterocycles. The number of urea groups is 1. The monoisotopic (exact) mass is 474 g/mol. The zero-order valence-corrected chi connectivity index (χ0v) is 19.6. The SMILES string of the molecule is CCOCCCNC(=O)c1cc(NC(=O)Nc2ccc(F)c(F)c2)ccc1N1CCC(C)CC1. The third-order valence-corrected chi connectivity index (χ3v) is 5.76. The summed E-state index contributed by atoms with van der Waals surface area (Å²) in [6.45, 7) is 7.53. The standard InChI is InChI=1S/C25H32F2N4O3/c1-3-34-14-4-11-28-24(32)20-15-18(6-8-23(20)31-12-9-17(2)10-13-31)29-25(33)30-19-5-7-21(26)22(27)16-19/h5-8,15-17H,3-4,9-14H2,1-2H3,(H,28,32)(H2,29,30,33). The molecule has 3 rings (SSSR count). The summed E-state index contributed by atoms with van der Waals surface area (Å²) in [7, 11) is 0. The number of benzene rings is 2. The Morgan fingerprint density at radius 3 is 2.38 bits per heavy atom. The minimum Gasteiger partial charge on any atom is -0.382 e. The number of nitrogens with one attached hydrogen (secondary N) is 3. The first-order valence-electron chi connectivity index (χ1n) is 11.7. The highest BCUT2D eigenvalue weighted by molar-refractivity contribution is 6.04. The van der Waals surface area contributed by atoms with E-state index in [2.05, 4.69) is 27.8 Å². The number of carbonyl (C=O) groups excluding carboxylic acids is 2. The molecule has 1 aliphatic rings. The Morgan fingerprint density at radius 1 is 1.03 bits per heavy atom. The summed E-state index contributed by atoms with van der Waals surface area (Å²) in [5.74, 6) is -1.63. The van der Waals surface area contributed by atoms with Crippen molar-refractivity contribution in [2.24, 2.45) is 5.92 Å². The number of ether oxygens (including phenoxy) is 1. The molecule has 1 saturated heterocycles. The van der Waals surface area contributed by atoms with Gasteiger partial charge in [0.2, 0.25) is 0 Å². The van der Waals surface area contributed by atoms with Crippen molar-refractivity contribution in [3.63, 3.8) is 0 Å². The van der Waals surface area contributed by atoms with Crippen LogP contribution >= 0.6 is 0 Å². The molecule has 184 valence electrons. The van der Waals surface area contributed by atoms with Crippen molar-refractivity contribution in [3.8, 4) is 0 Å². The number of halogens is 2. The van der Waals surface area contributed by atoms with Crippen LogP contribution in [0.5, 0.6) is 0 Å². The van der Waals surface area contributed by atoms with Gasteiger partial charge in [0.1, 0.15) is 0 Å². The van der Waals surface area contributed by atoms with Crippen molar-refractivity contribution in [2.75, 3.05) is 48.4 Å². The molecule has 1 heterocycles. The predicted molar refractivity (Wildman–Crippen MR) is 129 cm³/mol. The Morgan fingerprint density at radius 2 is 1.71 bits per heavy atom. The molecule has 2 aromatic rings. The topological polar surface area (TPSA) is 82.7 Å². The lowest BCUT2D eigenvalue weighted by Gasteiger charge is -2.33. The van der Waals surface area contributed by atoms with Crippen LogP contribution in [-0.2, 0) is 4.74 Å². The first-order valence-corrected chi connectivity index (χ1v) is 11.7. The highest BCUT2D eigenvalue weighted by Crippen LogP contribution is 2.29. The smallest absolute Gasteiger partial charge is 0.323 e. The van der Waals surface area contributed by atoms with Gasteiger partial charge in [-0.2, -0.15) is 0 Å². The summed E-state index contributed by atoms with van der Waals surface area (Å²) < 4.78 is 31.8. The molecule has 0 spiro atoms. The van der Waals surface area contributed by atoms with E-state index in [4.69, 9.17) is 4.74 Å². The van der Waals surface area contributed by atoms with Crippen LogP contribution in [0, 0.1) is 17.6 Å². The number of nitrogens with zero attached hydrogens (tertiary/aromatic N) is 1. The van der Waals surface area contributed by atoms with Gasteiger partial charge < -0.3 is 25.6 Å². The van der Waals surface area contributed by atoms with E-state index in [-0.39, 0.29) is 11.6 Å². The van der Waals surface area contributed by atoms with Crippen molar-refractivity contribution < 1.29 is 23.1 Å². The third kappa shape index (κ3) is 7.15. The second-order valence-electron chi connectivity index (χ2n) is 8.42. The molecule has 2 aromatic carbocycles. The average Bonchev–Trinajstić information content (AvgIpc) is 2.82. The van der Waals surface area contributed by atoms with E-state index in [9.17, 15) is 18.4 Å². The van der Waals surface area contributed by atoms with E-state index in [0.29, 0.717) is 43.3 Å². The third-order valence-electron chi connectivity index (χ3n) is 5.76. The Balaban J connectivity index is 1.73. The van der Waals surface area contributed by atoms with Crippen molar-refractivity contribution in [2.45, 2.75) is 33.1 Å². The van der Waals surface area contributed by atoms with Gasteiger partial charge in [-0.25, -0.2) is 13.6 Å². The van der Waals surface area contributed by atoms with Crippen molar-refractivity contribution in [1.29, 1.82) is 0 Å². The second-order valence-corrected chi connectivity index (χ2v) is 8.42. The van der Waals surface area contributed by atoms with Gasteiger partial charge in [0.15, 0.2) is 11.6 Å². The van der Waals surface area contributed by atoms with Crippen LogP contribution in [0.4, 0.5) is 30.6 Å². The number of piperidine rings is 1. The predicted octanol–water partition coefficient (Wildman–Crippen LogP) is 5.00. The van der Waals surface area contributed by atoms with Crippen LogP contribution in [0.2, 0.25) is 0 Å². The average molecular weight is 475 g/mol. The molecule has 0 atom stereocenters. The first kappa shape index (κ1) is 25.4. The van der Waals surface area contributed by atoms with E-state index < -0.39 is 17.7 Å². The number of rotatable bonds is 9. The lowest BCUT2D eigenvalue weighted by atomic mass is 9.98. The maximum absolute atomic E-state index is 13.4. The minimum atomic E-state index is -1.05. The fraction of sp³-hybridized carbons (Fsp3) is 0.440. The minimum absolute atomic E-state index is 0.114. The molecule has 0 aliphatic carbocycles. The van der Waals surface area contributed by atoms with Crippen LogP contribution < -0.4 is 20.9 Å². The van der Waals surface area contributed by atoms with Gasteiger partial charge in [-0.1, -0.05) is 6.92 Å². The number of hydrogen-bond acceptors (Lipinski definition) is 4. The molecule has 3 amide bonds. The molecule has 9 heteroatoms. The van der Waals surface area contributed by atoms with Gasteiger partial charge in [0.05, 0.1) is 5.56 Å². The molecular formula is C25H32F2N4O3. The van der Waals surface area contributed by atoms with Crippen LogP contribution in [0.1, 0.15) is 43.5 Å². The van der Waals surface area contributed by atoms with E-state index in [1.165, 1.54) is 6.07 Å². The molecule has 0 radical (unpaired) electrons. The van der Waals surface area contributed by atoms with Crippen LogP contribution in [-0.4, -0.2) is 44.8 Å². The quantitative estimate of drug-likeness (QED) is 0.447. The lowest BCUT2D eigenvalue weighted by molar-refractivity contribution is 0.0944. The zero-order chi connectivity index (χ0) is 24.5. The molecule has 0 unspecified atom stereocenters. The molecule has 34 heavy (non-hydrogen) atoms. The molecule has 0 bridgehead atoms. The van der Waals surface area contributed by atoms with Gasteiger partial charge in [-0.15, -0.1) is 0 Å². The molecule has 0 saturated carbocycles. The molecule has 3 N–H and O–H groups in total. The van der Waals surface area contributed by atoms with Crippen LogP contribution in [0.3, 0.4) is 0 Å². The van der Waals surface area contributed by atoms with Crippen LogP contribution in [0.15, 0.2) is 36.4 Å². The fourth-order valence-electron chi connectivity index (χ4n) is 3.80. The summed E-state index contributed by atoms with van der Waals surface area (Å²) in [6, 6.07) is 7.66. The fourth-order valence-corrected chi connectivity index (χ4v) is 3.80. The maximum Gasteiger partial charge on any atom is 0.323 e. The Hall–Kier alpha value is -3.20. The number of amides is 3. The molecular weight excluding hydrogens is 442 g/mol. The first-order chi connectivity index (χ1) is 16.4. The van der Waals surface area contributed by atoms with E-state index in [0.717, 1.165) is 43.8 Å². The van der Waals surface area contributed by atoms with E-state index >= 15 is 0 Å². The second kappa shape index (κ2) is 12.3. The van der Waals surface area contributed by atoms with Gasteiger partial charge >= 0.3 is 6.03 Å². The molecule has 7 nitrogen and oxygen atoms in total. The van der Waals surface area contributed by atoms with Gasteiger partial charge in [0, 0.05) is 56.0 Å². The summed E-state index contributed by atoms with van der Waals surface area (Å²) >= 11 is 0. The largest absolute Gasteiger partial charge is 0.382 e. The van der Waals surface area contributed by atoms with E-state index in [1.807, 2.05) is 13.0 Å². The van der Waals surface area contributed by atoms with E-state index in [1.54, 1.807) is 12.1 Å². The Bertz CT molecular complexity index is 994. The van der Waals surface area contributed by atoms with Crippen molar-refractivity contribution in [1.82, 2.24) is 5.32 Å². The molecule has 1 fully saturated rings. The Kier molecular flexibility index (Phi) is 9.21. The van der Waals surface area contributed by atoms with Crippen LogP contribution in [0.25, 0.3) is 0 Å². The summed E-state index contributed by atoms with van der Waals surface area (Å²) in [4.78, 5) is 27.6. The highest BCUT2D eigenvalue weighted by atomic mass is 19.2. The normalized spacial score (nSPS) is 14.1. The van der Waals surface area contributed by atoms with Gasteiger partial charge in [0.25, 0.3) is 5.91 Å². The van der Waals surface area contributed by atoms with Crippen molar-refractivity contribution >= 4 is 29.0 Å². The summed E-state index contributed by atoms with van der Waals surface area (Å²) in [6.07, 6.45) is 2.79. The number of carbonyl (C=O) groups is 2. The number of hydrogen-bond donors (Lipinski definition) is 3. The molecule has 0 aromatic heterocycles. The van der Waals surface area contributed by atoms with Gasteiger partial charge in [-0.3, -0.25) is 4.79 Å². The summed E-state index contributed by atoms with van der Waals surface area (Å²) in [5.41, 5.74) is 1.81. The van der Waals surface area contributed by atoms with Gasteiger partial charge in [-0.05, 0) is 62.4 Å². The zero-order valence-electron chi connectivity index (χ0n) is 19.6. The highest BCUT2D eigenvalue weighted by Gasteiger charge is 2.22. The summed E-state index contributed by atoms with van der Waals surface area (Å²) in [5, 5.41) is 8.05. The number of anilines is 3. The lowest BCUT2D eigenvalue weighted by Crippen LogP contribution is -2.35. The van der Waals surface area contributed by atoms with Crippen molar-refractivity contribution in [3.05, 3.63) is 53.6 Å².